The van der Waals surface area contributed by atoms with Crippen LogP contribution < -0.4 is 16.0 Å². The Morgan fingerprint density at radius 3 is 2.08 bits per heavy atom. The lowest BCUT2D eigenvalue weighted by Gasteiger charge is -2.23. The highest BCUT2D eigenvalue weighted by Gasteiger charge is 2.28. The Labute approximate surface area is 217 Å². The van der Waals surface area contributed by atoms with E-state index >= 15 is 0 Å². The summed E-state index contributed by atoms with van der Waals surface area (Å²) in [4.78, 5) is 49.4. The Morgan fingerprint density at radius 2 is 1.49 bits per heavy atom. The van der Waals surface area contributed by atoms with Crippen molar-refractivity contribution >= 4 is 23.9 Å². The van der Waals surface area contributed by atoms with Gasteiger partial charge in [0.05, 0.1) is 6.26 Å². The van der Waals surface area contributed by atoms with Crippen LogP contribution in [0.5, 0.6) is 0 Å². The van der Waals surface area contributed by atoms with Gasteiger partial charge in [-0.3, -0.25) is 9.59 Å². The molecule has 9 heteroatoms. The molecule has 0 spiro atoms. The Kier molecular flexibility index (Phi) is 12.4. The smallest absolute Gasteiger partial charge is 0.408 e. The van der Waals surface area contributed by atoms with Crippen molar-refractivity contribution in [2.75, 3.05) is 6.54 Å². The molecule has 3 amide bonds. The second-order valence-corrected chi connectivity index (χ2v) is 8.88. The molecular formula is C28H35N3O6. The minimum atomic E-state index is -1.00. The predicted octanol–water partition coefficient (Wildman–Crippen LogP) is 3.25. The summed E-state index contributed by atoms with van der Waals surface area (Å²) in [6, 6.07) is 16.5. The molecule has 0 saturated heterocycles. The van der Waals surface area contributed by atoms with Gasteiger partial charge >= 0.3 is 12.1 Å². The minimum Gasteiger partial charge on any atom is -0.445 e. The van der Waals surface area contributed by atoms with Crippen LogP contribution in [-0.4, -0.2) is 42.5 Å². The van der Waals surface area contributed by atoms with Crippen molar-refractivity contribution in [3.8, 4) is 0 Å². The van der Waals surface area contributed by atoms with E-state index in [-0.39, 0.29) is 31.4 Å². The molecule has 0 fully saturated rings. The molecule has 0 aromatic heterocycles. The minimum absolute atomic E-state index is 0.0659. The first-order valence-corrected chi connectivity index (χ1v) is 12.2. The Morgan fingerprint density at radius 1 is 0.865 bits per heavy atom. The molecule has 37 heavy (non-hydrogen) atoms. The number of benzene rings is 2. The normalized spacial score (nSPS) is 12.4. The summed E-state index contributed by atoms with van der Waals surface area (Å²) in [7, 11) is 0. The van der Waals surface area contributed by atoms with Gasteiger partial charge in [0.1, 0.15) is 18.7 Å². The average molecular weight is 510 g/mol. The van der Waals surface area contributed by atoms with E-state index in [1.165, 1.54) is 19.3 Å². The highest BCUT2D eigenvalue weighted by Crippen LogP contribution is 2.10. The number of carbonyl (C=O) groups excluding carboxylic acids is 4. The highest BCUT2D eigenvalue weighted by molar-refractivity contribution is 5.90. The summed E-state index contributed by atoms with van der Waals surface area (Å²) in [5.41, 5.74) is 1.64. The van der Waals surface area contributed by atoms with Crippen LogP contribution in [0, 0.1) is 5.92 Å². The van der Waals surface area contributed by atoms with Gasteiger partial charge in [0.2, 0.25) is 11.8 Å². The molecule has 0 aliphatic carbocycles. The van der Waals surface area contributed by atoms with E-state index in [4.69, 9.17) is 9.47 Å². The number of amides is 3. The second kappa shape index (κ2) is 15.8. The number of esters is 1. The quantitative estimate of drug-likeness (QED) is 0.281. The highest BCUT2D eigenvalue weighted by atomic mass is 16.5. The summed E-state index contributed by atoms with van der Waals surface area (Å²) in [5.74, 6) is -1.32. The summed E-state index contributed by atoms with van der Waals surface area (Å²) >= 11 is 0. The molecule has 2 rings (SSSR count). The number of carbonyl (C=O) groups is 4. The zero-order valence-electron chi connectivity index (χ0n) is 21.4. The number of ether oxygens (including phenoxy) is 2. The van der Waals surface area contributed by atoms with Crippen molar-refractivity contribution in [3.05, 3.63) is 84.1 Å². The van der Waals surface area contributed by atoms with Gasteiger partial charge in [-0.1, -0.05) is 74.5 Å². The number of hydrogen-bond acceptors (Lipinski definition) is 6. The summed E-state index contributed by atoms with van der Waals surface area (Å²) in [6.45, 7) is 5.49. The molecule has 0 unspecified atom stereocenters. The average Bonchev–Trinajstić information content (AvgIpc) is 2.87. The van der Waals surface area contributed by atoms with Crippen LogP contribution in [0.4, 0.5) is 4.79 Å². The fraction of sp³-hybridized carbons (Fsp3) is 0.357. The lowest BCUT2D eigenvalue weighted by Crippen LogP contribution is -2.52. The molecule has 3 N–H and O–H groups in total. The first kappa shape index (κ1) is 29.1. The van der Waals surface area contributed by atoms with Gasteiger partial charge in [-0.15, -0.1) is 0 Å². The van der Waals surface area contributed by atoms with Gasteiger partial charge in [-0.05, 0) is 29.5 Å². The van der Waals surface area contributed by atoms with Gasteiger partial charge in [0.25, 0.3) is 0 Å². The van der Waals surface area contributed by atoms with Crippen molar-refractivity contribution in [1.29, 1.82) is 0 Å². The fourth-order valence-electron chi connectivity index (χ4n) is 3.37. The standard InChI is InChI=1S/C28H35N3O6/c1-20(2)17-24(31-28(35)37-19-23-13-8-5-9-14-23)26(33)30-25(18-22-11-6-4-7-12-22)27(34)36-16-10-15-29-21(3)32/h4-14,16,20,24-25H,15,17-19H2,1-3H3,(H,29,32)(H,30,33)(H,31,35)/b16-10-/t24-,25-/m0/s1. The topological polar surface area (TPSA) is 123 Å². The first-order chi connectivity index (χ1) is 17.7. The largest absolute Gasteiger partial charge is 0.445 e. The van der Waals surface area contributed by atoms with E-state index in [9.17, 15) is 19.2 Å². The van der Waals surface area contributed by atoms with E-state index in [0.717, 1.165) is 11.1 Å². The van der Waals surface area contributed by atoms with Crippen LogP contribution in [-0.2, 0) is 36.9 Å². The van der Waals surface area contributed by atoms with Gasteiger partial charge in [0, 0.05) is 19.9 Å². The predicted molar refractivity (Wildman–Crippen MR) is 139 cm³/mol. The second-order valence-electron chi connectivity index (χ2n) is 8.88. The maximum atomic E-state index is 13.2. The van der Waals surface area contributed by atoms with E-state index in [2.05, 4.69) is 16.0 Å². The van der Waals surface area contributed by atoms with Gasteiger partial charge in [0.15, 0.2) is 0 Å². The van der Waals surface area contributed by atoms with E-state index in [1.807, 2.05) is 74.5 Å². The lowest BCUT2D eigenvalue weighted by molar-refractivity contribution is -0.143. The molecule has 2 aromatic carbocycles. The number of hydrogen-bond donors (Lipinski definition) is 3. The van der Waals surface area contributed by atoms with Crippen LogP contribution in [0.2, 0.25) is 0 Å². The fourth-order valence-corrected chi connectivity index (χ4v) is 3.37. The summed E-state index contributed by atoms with van der Waals surface area (Å²) in [5, 5.41) is 7.89. The zero-order valence-corrected chi connectivity index (χ0v) is 21.4. The first-order valence-electron chi connectivity index (χ1n) is 12.2. The molecule has 0 radical (unpaired) electrons. The lowest BCUT2D eigenvalue weighted by atomic mass is 10.0. The third-order valence-electron chi connectivity index (χ3n) is 5.16. The van der Waals surface area contributed by atoms with Crippen molar-refractivity contribution < 1.29 is 28.7 Å². The van der Waals surface area contributed by atoms with E-state index in [1.54, 1.807) is 0 Å². The number of alkyl carbamates (subject to hydrolysis) is 1. The van der Waals surface area contributed by atoms with Crippen molar-refractivity contribution in [3.63, 3.8) is 0 Å². The molecule has 0 aliphatic rings. The summed E-state index contributed by atoms with van der Waals surface area (Å²) in [6.07, 6.45) is 2.46. The van der Waals surface area contributed by atoms with Gasteiger partial charge in [-0.25, -0.2) is 9.59 Å². The van der Waals surface area contributed by atoms with Gasteiger partial charge < -0.3 is 25.4 Å². The van der Waals surface area contributed by atoms with Gasteiger partial charge in [-0.2, -0.15) is 0 Å². The molecule has 198 valence electrons. The third-order valence-corrected chi connectivity index (χ3v) is 5.16. The van der Waals surface area contributed by atoms with Crippen LogP contribution in [0.15, 0.2) is 73.0 Å². The SMILES string of the molecule is CC(=O)NC/C=C\OC(=O)[C@H](Cc1ccccc1)NC(=O)[C@H](CC(C)C)NC(=O)OCc1ccccc1. The number of rotatable bonds is 13. The van der Waals surface area contributed by atoms with Crippen molar-refractivity contribution in [2.45, 2.75) is 52.3 Å². The Hall–Kier alpha value is -4.14. The molecule has 0 heterocycles. The zero-order chi connectivity index (χ0) is 27.0. The summed E-state index contributed by atoms with van der Waals surface area (Å²) < 4.78 is 10.5. The van der Waals surface area contributed by atoms with E-state index in [0.29, 0.717) is 6.42 Å². The molecule has 0 bridgehead atoms. The number of nitrogens with one attached hydrogen (secondary N) is 3. The molecular weight excluding hydrogens is 474 g/mol. The third kappa shape index (κ3) is 11.9. The van der Waals surface area contributed by atoms with Crippen LogP contribution in [0.25, 0.3) is 0 Å². The molecule has 0 saturated carbocycles. The molecule has 2 atom stereocenters. The maximum absolute atomic E-state index is 13.2. The monoisotopic (exact) mass is 509 g/mol. The molecule has 9 nitrogen and oxygen atoms in total. The van der Waals surface area contributed by atoms with Crippen molar-refractivity contribution in [1.82, 2.24) is 16.0 Å². The molecule has 2 aromatic rings. The Bertz CT molecular complexity index is 1040. The van der Waals surface area contributed by atoms with Crippen LogP contribution >= 0.6 is 0 Å². The van der Waals surface area contributed by atoms with E-state index < -0.39 is 30.1 Å². The van der Waals surface area contributed by atoms with Crippen LogP contribution in [0.3, 0.4) is 0 Å². The molecule has 0 aliphatic heterocycles. The van der Waals surface area contributed by atoms with Crippen molar-refractivity contribution in [2.24, 2.45) is 5.92 Å². The Balaban J connectivity index is 2.06. The maximum Gasteiger partial charge on any atom is 0.408 e. The van der Waals surface area contributed by atoms with Crippen LogP contribution in [0.1, 0.15) is 38.3 Å².